The Hall–Kier alpha value is -4.22. The van der Waals surface area contributed by atoms with Crippen molar-refractivity contribution in [3.8, 4) is 11.8 Å². The number of hydrogen-bond acceptors (Lipinski definition) is 6. The number of benzene rings is 3. The summed E-state index contributed by atoms with van der Waals surface area (Å²) in [5.74, 6) is -1.41. The molecule has 3 fully saturated rings. The lowest BCUT2D eigenvalue weighted by atomic mass is 9.67. The molecule has 2 N–H and O–H groups in total. The van der Waals surface area contributed by atoms with Crippen molar-refractivity contribution in [3.05, 3.63) is 71.8 Å². The van der Waals surface area contributed by atoms with Crippen molar-refractivity contribution < 1.29 is 23.9 Å². The Kier molecular flexibility index (Phi) is 5.51. The monoisotopic (exact) mass is 509 g/mol. The van der Waals surface area contributed by atoms with E-state index in [4.69, 9.17) is 15.2 Å². The molecule has 2 bridgehead atoms. The fourth-order valence-corrected chi connectivity index (χ4v) is 6.67. The zero-order chi connectivity index (χ0) is 26.7. The lowest BCUT2D eigenvalue weighted by Crippen LogP contribution is -2.43. The molecule has 3 aromatic carbocycles. The molecule has 8 nitrogen and oxygen atoms in total. The first kappa shape index (κ1) is 24.1. The molecule has 0 saturated carbocycles. The fraction of sp³-hybridized carbons (Fsp3) is 0.333. The number of primary amides is 1. The van der Waals surface area contributed by atoms with Gasteiger partial charge in [-0.05, 0) is 49.6 Å². The van der Waals surface area contributed by atoms with E-state index >= 15 is 0 Å². The molecule has 8 heteroatoms. The predicted molar refractivity (Wildman–Crippen MR) is 139 cm³/mol. The normalized spacial score (nSPS) is 27.5. The third-order valence-corrected chi connectivity index (χ3v) is 8.37. The maximum Gasteiger partial charge on any atom is 0.240 e. The molecule has 0 unspecified atom stereocenters. The molecule has 192 valence electrons. The third-order valence-electron chi connectivity index (χ3n) is 8.37. The lowest BCUT2D eigenvalue weighted by Gasteiger charge is -2.31. The van der Waals surface area contributed by atoms with E-state index in [1.165, 1.54) is 4.90 Å². The quantitative estimate of drug-likeness (QED) is 0.485. The summed E-state index contributed by atoms with van der Waals surface area (Å²) in [6.45, 7) is 2.25. The second-order valence-electron chi connectivity index (χ2n) is 10.6. The zero-order valence-electron chi connectivity index (χ0n) is 21.0. The molecular formula is C30H27N3O5. The van der Waals surface area contributed by atoms with Crippen molar-refractivity contribution >= 4 is 34.2 Å². The van der Waals surface area contributed by atoms with E-state index in [0.717, 1.165) is 5.56 Å². The van der Waals surface area contributed by atoms with Crippen LogP contribution < -0.4 is 15.4 Å². The van der Waals surface area contributed by atoms with Crippen LogP contribution in [-0.2, 0) is 25.5 Å². The molecule has 3 aromatic rings. The number of carbonyl (C=O) groups excluding carboxylic acids is 3. The van der Waals surface area contributed by atoms with E-state index in [0.29, 0.717) is 53.6 Å². The first-order valence-electron chi connectivity index (χ1n) is 12.8. The highest BCUT2D eigenvalue weighted by Crippen LogP contribution is 2.62. The molecule has 3 saturated heterocycles. The van der Waals surface area contributed by atoms with Crippen LogP contribution in [0.3, 0.4) is 0 Å². The number of carbonyl (C=O) groups is 3. The highest BCUT2D eigenvalue weighted by Gasteiger charge is 2.73. The number of rotatable bonds is 7. The molecule has 0 aromatic heterocycles. The average Bonchev–Trinajstić information content (AvgIpc) is 3.48. The van der Waals surface area contributed by atoms with Gasteiger partial charge in [0, 0.05) is 17.2 Å². The zero-order valence-corrected chi connectivity index (χ0v) is 21.0. The van der Waals surface area contributed by atoms with E-state index in [1.807, 2.05) is 31.2 Å². The summed E-state index contributed by atoms with van der Waals surface area (Å²) >= 11 is 0. The van der Waals surface area contributed by atoms with Crippen LogP contribution in [0.25, 0.3) is 10.8 Å². The van der Waals surface area contributed by atoms with Gasteiger partial charge in [-0.1, -0.05) is 36.4 Å². The Morgan fingerprint density at radius 3 is 2.47 bits per heavy atom. The van der Waals surface area contributed by atoms with E-state index in [1.54, 1.807) is 36.4 Å². The molecule has 3 amide bonds. The molecule has 38 heavy (non-hydrogen) atoms. The highest BCUT2D eigenvalue weighted by molar-refractivity contribution is 6.26. The van der Waals surface area contributed by atoms with Gasteiger partial charge in [-0.2, -0.15) is 5.26 Å². The Balaban J connectivity index is 1.26. The van der Waals surface area contributed by atoms with E-state index in [-0.39, 0.29) is 18.2 Å². The van der Waals surface area contributed by atoms with Crippen LogP contribution in [-0.4, -0.2) is 35.5 Å². The van der Waals surface area contributed by atoms with Gasteiger partial charge in [-0.25, -0.2) is 4.90 Å². The van der Waals surface area contributed by atoms with Gasteiger partial charge >= 0.3 is 0 Å². The number of nitriles is 1. The minimum Gasteiger partial charge on any atom is -0.493 e. The minimum absolute atomic E-state index is 0.167. The summed E-state index contributed by atoms with van der Waals surface area (Å²) < 4.78 is 12.5. The van der Waals surface area contributed by atoms with Crippen LogP contribution in [0.2, 0.25) is 0 Å². The van der Waals surface area contributed by atoms with Crippen LogP contribution >= 0.6 is 0 Å². The first-order chi connectivity index (χ1) is 18.3. The number of ether oxygens (including phenoxy) is 2. The minimum atomic E-state index is -0.783. The van der Waals surface area contributed by atoms with Gasteiger partial charge in [-0.3, -0.25) is 14.4 Å². The fourth-order valence-electron chi connectivity index (χ4n) is 6.67. The van der Waals surface area contributed by atoms with Crippen molar-refractivity contribution in [1.29, 1.82) is 5.26 Å². The van der Waals surface area contributed by atoms with Crippen LogP contribution in [0.4, 0.5) is 5.69 Å². The number of nitrogens with two attached hydrogens (primary N) is 1. The van der Waals surface area contributed by atoms with Crippen LogP contribution in [0, 0.1) is 23.2 Å². The van der Waals surface area contributed by atoms with E-state index < -0.39 is 28.9 Å². The van der Waals surface area contributed by atoms with Crippen LogP contribution in [0.15, 0.2) is 60.7 Å². The van der Waals surface area contributed by atoms with Crippen molar-refractivity contribution in [2.24, 2.45) is 17.6 Å². The van der Waals surface area contributed by atoms with Crippen molar-refractivity contribution in [1.82, 2.24) is 0 Å². The molecule has 4 atom stereocenters. The van der Waals surface area contributed by atoms with Crippen LogP contribution in [0.5, 0.6) is 5.75 Å². The number of anilines is 1. The van der Waals surface area contributed by atoms with Crippen molar-refractivity contribution in [2.45, 2.75) is 43.8 Å². The summed E-state index contributed by atoms with van der Waals surface area (Å²) in [6.07, 6.45) is 2.00. The van der Waals surface area contributed by atoms with E-state index in [2.05, 4.69) is 6.07 Å². The summed E-state index contributed by atoms with van der Waals surface area (Å²) in [7, 11) is 0. The Bertz CT molecular complexity index is 1530. The molecule has 3 aliphatic heterocycles. The SMILES string of the molecule is C[C@@]12CC[C@@](CCOc3ccc(CC(N)=O)cc3)(O1)[C@H]1C(=O)N(c3ccc(C#N)c4ccccc34)C(=O)[C@H]12. The molecule has 3 aliphatic rings. The summed E-state index contributed by atoms with van der Waals surface area (Å²) in [6, 6.07) is 20.1. The Morgan fingerprint density at radius 2 is 1.76 bits per heavy atom. The van der Waals surface area contributed by atoms with Crippen molar-refractivity contribution in [2.75, 3.05) is 11.5 Å². The van der Waals surface area contributed by atoms with Gasteiger partial charge in [0.2, 0.25) is 17.7 Å². The standard InChI is InChI=1S/C30H27N3O5/c1-29-12-13-30(38-29,14-15-37-20-9-6-18(7-10-20)16-24(32)34)26-25(29)27(35)33(28(26)36)23-11-8-19(17-31)21-4-2-3-5-22(21)23/h2-11,25-26H,12-16H2,1H3,(H2,32,34)/t25-,26+,29-,30-/m0/s1. The number of imide groups is 1. The largest absolute Gasteiger partial charge is 0.493 e. The Morgan fingerprint density at radius 1 is 1.05 bits per heavy atom. The van der Waals surface area contributed by atoms with Gasteiger partial charge in [0.1, 0.15) is 5.75 Å². The second kappa shape index (κ2) is 8.67. The molecule has 3 heterocycles. The molecule has 0 aliphatic carbocycles. The topological polar surface area (TPSA) is 123 Å². The van der Waals surface area contributed by atoms with Gasteiger partial charge in [0.25, 0.3) is 0 Å². The maximum absolute atomic E-state index is 14.0. The van der Waals surface area contributed by atoms with Crippen molar-refractivity contribution in [3.63, 3.8) is 0 Å². The number of fused-ring (bicyclic) bond motifs is 6. The number of hydrogen-bond donors (Lipinski definition) is 1. The van der Waals surface area contributed by atoms with Gasteiger partial charge in [-0.15, -0.1) is 0 Å². The first-order valence-corrected chi connectivity index (χ1v) is 12.8. The third kappa shape index (κ3) is 3.57. The average molecular weight is 510 g/mol. The summed E-state index contributed by atoms with van der Waals surface area (Å²) in [5, 5.41) is 10.9. The van der Waals surface area contributed by atoms with Crippen LogP contribution in [0.1, 0.15) is 37.3 Å². The van der Waals surface area contributed by atoms with E-state index in [9.17, 15) is 19.6 Å². The summed E-state index contributed by atoms with van der Waals surface area (Å²) in [5.41, 5.74) is 5.57. The Labute approximate surface area is 219 Å². The smallest absolute Gasteiger partial charge is 0.240 e. The molecule has 0 spiro atoms. The van der Waals surface area contributed by atoms with Gasteiger partial charge < -0.3 is 15.2 Å². The molecular weight excluding hydrogens is 482 g/mol. The highest BCUT2D eigenvalue weighted by atomic mass is 16.5. The molecule has 0 radical (unpaired) electrons. The predicted octanol–water partition coefficient (Wildman–Crippen LogP) is 3.64. The van der Waals surface area contributed by atoms with Gasteiger partial charge in [0.15, 0.2) is 0 Å². The summed E-state index contributed by atoms with van der Waals surface area (Å²) in [4.78, 5) is 40.3. The maximum atomic E-state index is 14.0. The second-order valence-corrected chi connectivity index (χ2v) is 10.6. The number of amides is 3. The van der Waals surface area contributed by atoms with Gasteiger partial charge in [0.05, 0.1) is 53.4 Å². The number of nitrogens with zero attached hydrogens (tertiary/aromatic N) is 2. The lowest BCUT2D eigenvalue weighted by molar-refractivity contribution is -0.131. The molecule has 6 rings (SSSR count).